The van der Waals surface area contributed by atoms with Gasteiger partial charge in [0.25, 0.3) is 5.91 Å². The van der Waals surface area contributed by atoms with Gasteiger partial charge in [0, 0.05) is 30.4 Å². The van der Waals surface area contributed by atoms with Gasteiger partial charge in [-0.1, -0.05) is 11.6 Å². The van der Waals surface area contributed by atoms with Gasteiger partial charge >= 0.3 is 0 Å². The number of hydrogen-bond acceptors (Lipinski definition) is 4. The van der Waals surface area contributed by atoms with Crippen molar-refractivity contribution in [3.05, 3.63) is 58.6 Å². The van der Waals surface area contributed by atoms with Crippen LogP contribution in [0, 0.1) is 6.92 Å². The van der Waals surface area contributed by atoms with Crippen LogP contribution in [0.4, 0.5) is 11.4 Å². The van der Waals surface area contributed by atoms with E-state index in [2.05, 4.69) is 5.32 Å². The SMILES string of the molecule is Cc1cc(Cl)ccc1NC(=O)CN(c1ccc(C(=O)N(C)C)cc1)S(C)(=O)=O. The van der Waals surface area contributed by atoms with Crippen LogP contribution in [-0.2, 0) is 14.8 Å². The average molecular weight is 424 g/mol. The van der Waals surface area contributed by atoms with Crippen LogP contribution in [0.2, 0.25) is 5.02 Å². The molecule has 0 fully saturated rings. The van der Waals surface area contributed by atoms with Crippen LogP contribution >= 0.6 is 11.6 Å². The summed E-state index contributed by atoms with van der Waals surface area (Å²) < 4.78 is 25.4. The minimum atomic E-state index is -3.72. The molecule has 9 heteroatoms. The molecule has 0 heterocycles. The number of hydrogen-bond donors (Lipinski definition) is 1. The van der Waals surface area contributed by atoms with Gasteiger partial charge in [-0.15, -0.1) is 0 Å². The zero-order valence-corrected chi connectivity index (χ0v) is 17.6. The van der Waals surface area contributed by atoms with E-state index in [0.29, 0.717) is 22.0 Å². The van der Waals surface area contributed by atoms with Crippen molar-refractivity contribution < 1.29 is 18.0 Å². The second-order valence-corrected chi connectivity index (χ2v) is 8.87. The van der Waals surface area contributed by atoms with E-state index in [4.69, 9.17) is 11.6 Å². The molecule has 0 spiro atoms. The molecule has 0 saturated heterocycles. The third kappa shape index (κ3) is 5.46. The van der Waals surface area contributed by atoms with Crippen molar-refractivity contribution in [1.82, 2.24) is 4.90 Å². The van der Waals surface area contributed by atoms with Gasteiger partial charge in [0.05, 0.1) is 11.9 Å². The van der Waals surface area contributed by atoms with Gasteiger partial charge in [-0.25, -0.2) is 8.42 Å². The van der Waals surface area contributed by atoms with Gasteiger partial charge in [-0.05, 0) is 55.0 Å². The predicted octanol–water partition coefficient (Wildman–Crippen LogP) is 2.75. The minimum Gasteiger partial charge on any atom is -0.345 e. The largest absolute Gasteiger partial charge is 0.345 e. The number of halogens is 1. The molecule has 2 aromatic rings. The number of amides is 2. The first-order valence-corrected chi connectivity index (χ1v) is 10.6. The Kier molecular flexibility index (Phi) is 6.69. The highest BCUT2D eigenvalue weighted by Crippen LogP contribution is 2.21. The zero-order valence-electron chi connectivity index (χ0n) is 16.1. The van der Waals surface area contributed by atoms with Crippen LogP contribution in [0.3, 0.4) is 0 Å². The monoisotopic (exact) mass is 423 g/mol. The Hall–Kier alpha value is -2.58. The highest BCUT2D eigenvalue weighted by Gasteiger charge is 2.21. The summed E-state index contributed by atoms with van der Waals surface area (Å²) in [7, 11) is -0.461. The molecule has 150 valence electrons. The van der Waals surface area contributed by atoms with E-state index in [1.807, 2.05) is 0 Å². The maximum Gasteiger partial charge on any atom is 0.253 e. The van der Waals surface area contributed by atoms with Gasteiger partial charge in [-0.2, -0.15) is 0 Å². The van der Waals surface area contributed by atoms with Crippen LogP contribution in [0.1, 0.15) is 15.9 Å². The van der Waals surface area contributed by atoms with Crippen LogP contribution < -0.4 is 9.62 Å². The number of nitrogens with one attached hydrogen (secondary N) is 1. The third-order valence-corrected chi connectivity index (χ3v) is 5.33. The number of rotatable bonds is 6. The molecule has 0 aliphatic rings. The maximum absolute atomic E-state index is 12.4. The van der Waals surface area contributed by atoms with Crippen molar-refractivity contribution in [2.45, 2.75) is 6.92 Å². The number of carbonyl (C=O) groups excluding carboxylic acids is 2. The molecule has 0 saturated carbocycles. The highest BCUT2D eigenvalue weighted by molar-refractivity contribution is 7.92. The summed E-state index contributed by atoms with van der Waals surface area (Å²) in [5, 5.41) is 3.23. The number of nitrogens with zero attached hydrogens (tertiary/aromatic N) is 2. The van der Waals surface area contributed by atoms with Crippen molar-refractivity contribution in [2.24, 2.45) is 0 Å². The first-order chi connectivity index (χ1) is 13.0. The number of anilines is 2. The van der Waals surface area contributed by atoms with E-state index in [1.165, 1.54) is 29.2 Å². The van der Waals surface area contributed by atoms with E-state index in [9.17, 15) is 18.0 Å². The lowest BCUT2D eigenvalue weighted by atomic mass is 10.2. The molecule has 0 aliphatic carbocycles. The van der Waals surface area contributed by atoms with E-state index >= 15 is 0 Å². The summed E-state index contributed by atoms with van der Waals surface area (Å²) in [5.41, 5.74) is 2.03. The van der Waals surface area contributed by atoms with E-state index in [1.54, 1.807) is 39.2 Å². The second kappa shape index (κ2) is 8.62. The Morgan fingerprint density at radius 3 is 2.18 bits per heavy atom. The molecule has 0 aliphatic heterocycles. The lowest BCUT2D eigenvalue weighted by Crippen LogP contribution is -2.37. The molecule has 2 rings (SSSR count). The molecule has 0 unspecified atom stereocenters. The highest BCUT2D eigenvalue weighted by atomic mass is 35.5. The molecule has 2 aromatic carbocycles. The van der Waals surface area contributed by atoms with Crippen molar-refractivity contribution in [3.8, 4) is 0 Å². The molecule has 1 N–H and O–H groups in total. The van der Waals surface area contributed by atoms with Crippen molar-refractivity contribution >= 4 is 44.8 Å². The number of benzene rings is 2. The fraction of sp³-hybridized carbons (Fsp3) is 0.263. The second-order valence-electron chi connectivity index (χ2n) is 6.52. The quantitative estimate of drug-likeness (QED) is 0.773. The Morgan fingerprint density at radius 2 is 1.68 bits per heavy atom. The van der Waals surface area contributed by atoms with Gasteiger partial charge < -0.3 is 10.2 Å². The Labute approximate surface area is 169 Å². The summed E-state index contributed by atoms with van der Waals surface area (Å²) in [6.45, 7) is 1.39. The van der Waals surface area contributed by atoms with Crippen molar-refractivity contribution in [2.75, 3.05) is 36.5 Å². The smallest absolute Gasteiger partial charge is 0.253 e. The molecular formula is C19H22ClN3O4S. The fourth-order valence-electron chi connectivity index (χ4n) is 2.52. The molecule has 0 radical (unpaired) electrons. The Bertz CT molecular complexity index is 989. The molecule has 0 atom stereocenters. The van der Waals surface area contributed by atoms with Crippen LogP contribution in [0.15, 0.2) is 42.5 Å². The molecule has 0 aromatic heterocycles. The summed E-state index contributed by atoms with van der Waals surface area (Å²) in [6.07, 6.45) is 1.02. The van der Waals surface area contributed by atoms with Crippen LogP contribution in [0.25, 0.3) is 0 Å². The number of carbonyl (C=O) groups is 2. The lowest BCUT2D eigenvalue weighted by molar-refractivity contribution is -0.114. The molecule has 0 bridgehead atoms. The van der Waals surface area contributed by atoms with Gasteiger partial charge in [0.2, 0.25) is 15.9 Å². The van der Waals surface area contributed by atoms with Crippen LogP contribution in [0.5, 0.6) is 0 Å². The molecule has 2 amide bonds. The predicted molar refractivity (Wildman–Crippen MR) is 111 cm³/mol. The zero-order chi connectivity index (χ0) is 21.1. The first-order valence-electron chi connectivity index (χ1n) is 8.34. The van der Waals surface area contributed by atoms with E-state index < -0.39 is 22.5 Å². The minimum absolute atomic E-state index is 0.201. The van der Waals surface area contributed by atoms with Crippen molar-refractivity contribution in [1.29, 1.82) is 0 Å². The Morgan fingerprint density at radius 1 is 1.07 bits per heavy atom. The van der Waals surface area contributed by atoms with Gasteiger partial charge in [0.1, 0.15) is 6.54 Å². The van der Waals surface area contributed by atoms with Crippen molar-refractivity contribution in [3.63, 3.8) is 0 Å². The lowest BCUT2D eigenvalue weighted by Gasteiger charge is -2.22. The fourth-order valence-corrected chi connectivity index (χ4v) is 3.60. The van der Waals surface area contributed by atoms with Crippen LogP contribution in [-0.4, -0.2) is 52.0 Å². The van der Waals surface area contributed by atoms with Gasteiger partial charge in [-0.3, -0.25) is 13.9 Å². The number of sulfonamides is 1. The maximum atomic E-state index is 12.4. The molecule has 7 nitrogen and oxygen atoms in total. The first kappa shape index (κ1) is 21.7. The van der Waals surface area contributed by atoms with E-state index in [0.717, 1.165) is 16.1 Å². The van der Waals surface area contributed by atoms with Gasteiger partial charge in [0.15, 0.2) is 0 Å². The Balaban J connectivity index is 2.22. The molecular weight excluding hydrogens is 402 g/mol. The third-order valence-electron chi connectivity index (χ3n) is 3.96. The summed E-state index contributed by atoms with van der Waals surface area (Å²) in [6, 6.07) is 11.0. The van der Waals surface area contributed by atoms with E-state index in [-0.39, 0.29) is 5.91 Å². The normalized spacial score (nSPS) is 11.0. The summed E-state index contributed by atoms with van der Waals surface area (Å²) in [5.74, 6) is -0.697. The molecule has 28 heavy (non-hydrogen) atoms. The summed E-state index contributed by atoms with van der Waals surface area (Å²) >= 11 is 5.90. The standard InChI is InChI=1S/C19H22ClN3O4S/c1-13-11-15(20)7-10-17(13)21-18(24)12-23(28(4,26)27)16-8-5-14(6-9-16)19(25)22(2)3/h5-11H,12H2,1-4H3,(H,21,24). The summed E-state index contributed by atoms with van der Waals surface area (Å²) in [4.78, 5) is 25.8. The topological polar surface area (TPSA) is 86.8 Å². The average Bonchev–Trinajstić information content (AvgIpc) is 2.60. The number of aryl methyl sites for hydroxylation is 1.